The van der Waals surface area contributed by atoms with Gasteiger partial charge in [-0.3, -0.25) is 24.2 Å². The van der Waals surface area contributed by atoms with E-state index in [9.17, 15) is 32.7 Å². The molecule has 2 aromatic rings. The van der Waals surface area contributed by atoms with Gasteiger partial charge in [0.05, 0.1) is 29.3 Å². The summed E-state index contributed by atoms with van der Waals surface area (Å²) in [4.78, 5) is 51.5. The fraction of sp³-hybridized carbons (Fsp3) is 0.385. The Balaban J connectivity index is 1.47. The minimum atomic E-state index is -4.00. The van der Waals surface area contributed by atoms with Gasteiger partial charge in [0.25, 0.3) is 11.8 Å². The smallest absolute Gasteiger partial charge is 0.310 e. The van der Waals surface area contributed by atoms with Crippen LogP contribution in [0.4, 0.5) is 0 Å². The number of amides is 3. The van der Waals surface area contributed by atoms with Gasteiger partial charge in [-0.1, -0.05) is 53.5 Å². The second kappa shape index (κ2) is 13.3. The molecule has 0 bridgehead atoms. The molecule has 3 atom stereocenters. The fourth-order valence-electron chi connectivity index (χ4n) is 4.48. The van der Waals surface area contributed by atoms with Gasteiger partial charge in [0.15, 0.2) is 5.75 Å². The van der Waals surface area contributed by atoms with Crippen molar-refractivity contribution in [2.75, 3.05) is 19.3 Å². The third-order valence-corrected chi connectivity index (χ3v) is 8.21. The van der Waals surface area contributed by atoms with Crippen molar-refractivity contribution in [3.63, 3.8) is 0 Å². The second-order valence-electron chi connectivity index (χ2n) is 9.69. The minimum Gasteiger partial charge on any atom is -0.505 e. The first-order valence-corrected chi connectivity index (χ1v) is 15.4. The highest BCUT2D eigenvalue weighted by atomic mass is 35.5. The molecule has 2 aliphatic heterocycles. The van der Waals surface area contributed by atoms with Gasteiger partial charge >= 0.3 is 5.97 Å². The Morgan fingerprint density at radius 1 is 1.12 bits per heavy atom. The van der Waals surface area contributed by atoms with Crippen LogP contribution in [0.3, 0.4) is 0 Å². The van der Waals surface area contributed by atoms with Crippen LogP contribution in [0.25, 0.3) is 0 Å². The number of ether oxygens (including phenoxy) is 2. The lowest BCUT2D eigenvalue weighted by Crippen LogP contribution is -2.57. The van der Waals surface area contributed by atoms with Crippen LogP contribution in [-0.4, -0.2) is 84.4 Å². The first-order valence-electron chi connectivity index (χ1n) is 12.8. The summed E-state index contributed by atoms with van der Waals surface area (Å²) in [6, 6.07) is 9.32. The van der Waals surface area contributed by atoms with Crippen molar-refractivity contribution < 1.29 is 42.2 Å². The second-order valence-corrected chi connectivity index (χ2v) is 12.4. The number of halogens is 2. The number of carbonyl (C=O) groups is 4. The third-order valence-electron chi connectivity index (χ3n) is 6.49. The third kappa shape index (κ3) is 7.69. The van der Waals surface area contributed by atoms with E-state index in [-0.39, 0.29) is 48.0 Å². The van der Waals surface area contributed by atoms with Crippen molar-refractivity contribution in [1.82, 2.24) is 20.1 Å². The number of hydrazine groups is 1. The first-order chi connectivity index (χ1) is 19.8. The number of esters is 1. The van der Waals surface area contributed by atoms with Crippen molar-refractivity contribution in [2.45, 2.75) is 44.2 Å². The molecule has 0 spiro atoms. The molecule has 3 unspecified atom stereocenters. The Morgan fingerprint density at radius 3 is 2.43 bits per heavy atom. The van der Waals surface area contributed by atoms with Crippen LogP contribution in [0.1, 0.15) is 35.2 Å². The number of cyclic esters (lactones) is 1. The number of hydrogen-bond acceptors (Lipinski definition) is 9. The Bertz CT molecular complexity index is 1450. The highest BCUT2D eigenvalue weighted by Gasteiger charge is 2.40. The molecule has 2 saturated heterocycles. The van der Waals surface area contributed by atoms with Crippen LogP contribution in [-0.2, 0) is 40.5 Å². The molecule has 0 aromatic heterocycles. The molecule has 0 radical (unpaired) electrons. The molecule has 2 aromatic carbocycles. The van der Waals surface area contributed by atoms with E-state index in [0.717, 1.165) is 33.4 Å². The maximum Gasteiger partial charge on any atom is 0.310 e. The van der Waals surface area contributed by atoms with Crippen molar-refractivity contribution >= 4 is 56.9 Å². The quantitative estimate of drug-likeness (QED) is 0.343. The zero-order valence-electron chi connectivity index (χ0n) is 22.3. The monoisotopic (exact) mass is 642 g/mol. The Morgan fingerprint density at radius 2 is 1.79 bits per heavy atom. The van der Waals surface area contributed by atoms with Crippen LogP contribution >= 0.6 is 23.2 Å². The Kier molecular flexibility index (Phi) is 9.94. The summed E-state index contributed by atoms with van der Waals surface area (Å²) in [7, 11) is -4.00. The summed E-state index contributed by atoms with van der Waals surface area (Å²) in [6.07, 6.45) is -0.149. The summed E-state index contributed by atoms with van der Waals surface area (Å²) in [6.45, 7) is -0.753. The van der Waals surface area contributed by atoms with Gasteiger partial charge < -0.3 is 25.2 Å². The van der Waals surface area contributed by atoms with Crippen LogP contribution < -0.4 is 10.6 Å². The van der Waals surface area contributed by atoms with Gasteiger partial charge in [-0.15, -0.1) is 4.41 Å². The molecular weight excluding hydrogens is 615 g/mol. The van der Waals surface area contributed by atoms with Crippen LogP contribution in [0, 0.1) is 0 Å². The highest BCUT2D eigenvalue weighted by molar-refractivity contribution is 7.88. The lowest BCUT2D eigenvalue weighted by atomic mass is 10.1. The van der Waals surface area contributed by atoms with E-state index in [1.165, 1.54) is 0 Å². The lowest BCUT2D eigenvalue weighted by molar-refractivity contribution is -0.168. The standard InChI is InChI=1S/C26H28Cl2N4O9S/c1-42(38,39)32-9-5-8-19(30-24(36)16-10-17(27)23(35)18(28)11-16)25(37)31(32)13-21(33)29-20-12-22(34)41-26(20)40-14-15-6-3-2-4-7-15/h2-4,6-7,10-11,19-20,26,35H,5,8-9,12-14H2,1H3,(H,29,33)(H,30,36). The van der Waals surface area contributed by atoms with E-state index < -0.39 is 64.4 Å². The van der Waals surface area contributed by atoms with Crippen molar-refractivity contribution in [1.29, 1.82) is 0 Å². The number of nitrogens with one attached hydrogen (secondary N) is 2. The Labute approximate surface area is 251 Å². The van der Waals surface area contributed by atoms with Gasteiger partial charge in [-0.05, 0) is 30.5 Å². The molecule has 42 heavy (non-hydrogen) atoms. The summed E-state index contributed by atoms with van der Waals surface area (Å²) < 4.78 is 36.8. The minimum absolute atomic E-state index is 0.0449. The van der Waals surface area contributed by atoms with Gasteiger partial charge in [-0.25, -0.2) is 8.42 Å². The van der Waals surface area contributed by atoms with E-state index in [1.54, 1.807) is 0 Å². The summed E-state index contributed by atoms with van der Waals surface area (Å²) in [5.41, 5.74) is 0.769. The molecule has 3 amide bonds. The zero-order valence-corrected chi connectivity index (χ0v) is 24.6. The van der Waals surface area contributed by atoms with E-state index in [2.05, 4.69) is 10.6 Å². The topological polar surface area (TPSA) is 172 Å². The molecule has 2 heterocycles. The zero-order chi connectivity index (χ0) is 30.6. The van der Waals surface area contributed by atoms with Crippen molar-refractivity contribution in [2.24, 2.45) is 0 Å². The van der Waals surface area contributed by atoms with Gasteiger partial charge in [0.2, 0.25) is 22.2 Å². The number of sulfonamides is 1. The average Bonchev–Trinajstić information content (AvgIpc) is 3.20. The van der Waals surface area contributed by atoms with E-state index in [4.69, 9.17) is 32.7 Å². The number of aromatic hydroxyl groups is 1. The fourth-order valence-corrected chi connectivity index (χ4v) is 5.93. The van der Waals surface area contributed by atoms with Gasteiger partial charge in [0, 0.05) is 12.1 Å². The molecule has 226 valence electrons. The van der Waals surface area contributed by atoms with E-state index >= 15 is 0 Å². The van der Waals surface area contributed by atoms with Crippen molar-refractivity contribution in [3.05, 3.63) is 63.6 Å². The van der Waals surface area contributed by atoms with E-state index in [0.29, 0.717) is 0 Å². The predicted molar refractivity (Wildman–Crippen MR) is 150 cm³/mol. The van der Waals surface area contributed by atoms with Crippen LogP contribution in [0.2, 0.25) is 10.0 Å². The molecule has 2 aliphatic rings. The molecule has 16 heteroatoms. The number of carbonyl (C=O) groups excluding carboxylic acids is 4. The van der Waals surface area contributed by atoms with Crippen molar-refractivity contribution in [3.8, 4) is 5.75 Å². The predicted octanol–water partition coefficient (Wildman–Crippen LogP) is 1.57. The number of hydrogen-bond donors (Lipinski definition) is 3. The lowest BCUT2D eigenvalue weighted by Gasteiger charge is -2.32. The van der Waals surface area contributed by atoms with Gasteiger partial charge in [-0.2, -0.15) is 0 Å². The number of phenolic OH excluding ortho intramolecular Hbond substituents is 1. The summed E-state index contributed by atoms with van der Waals surface area (Å²) in [5.74, 6) is -3.40. The normalized spacial score (nSPS) is 21.5. The summed E-state index contributed by atoms with van der Waals surface area (Å²) in [5, 5.41) is 15.3. The number of rotatable bonds is 9. The first kappa shape index (κ1) is 31.5. The Hall–Kier alpha value is -3.43. The highest BCUT2D eigenvalue weighted by Crippen LogP contribution is 2.32. The molecular formula is C26H28Cl2N4O9S. The molecule has 4 rings (SSSR count). The van der Waals surface area contributed by atoms with Crippen LogP contribution in [0.15, 0.2) is 42.5 Å². The number of benzene rings is 2. The molecule has 0 aliphatic carbocycles. The molecule has 3 N–H and O–H groups in total. The SMILES string of the molecule is CS(=O)(=O)N1CCCC(NC(=O)c2cc(Cl)c(O)c(Cl)c2)C(=O)N1CC(=O)NC1CC(=O)OC1OCc1ccccc1. The number of nitrogens with zero attached hydrogens (tertiary/aromatic N) is 2. The average molecular weight is 644 g/mol. The molecule has 2 fully saturated rings. The summed E-state index contributed by atoms with van der Waals surface area (Å²) >= 11 is 11.8. The van der Waals surface area contributed by atoms with E-state index in [1.807, 2.05) is 30.3 Å². The largest absolute Gasteiger partial charge is 0.505 e. The maximum atomic E-state index is 13.5. The number of phenols is 1. The van der Waals surface area contributed by atoms with Crippen LogP contribution in [0.5, 0.6) is 5.75 Å². The molecule has 0 saturated carbocycles. The maximum absolute atomic E-state index is 13.5. The van der Waals surface area contributed by atoms with Gasteiger partial charge in [0.1, 0.15) is 18.6 Å². The molecule has 13 nitrogen and oxygen atoms in total.